The van der Waals surface area contributed by atoms with E-state index in [-0.39, 0.29) is 0 Å². The molecule has 0 aliphatic heterocycles. The molecule has 0 saturated carbocycles. The van der Waals surface area contributed by atoms with Crippen LogP contribution in [0.5, 0.6) is 5.75 Å². The monoisotopic (exact) mass is 257 g/mol. The summed E-state index contributed by atoms with van der Waals surface area (Å²) >= 11 is 0. The molecule has 0 radical (unpaired) electrons. The highest BCUT2D eigenvalue weighted by Crippen LogP contribution is 2.26. The number of nitrogens with zero attached hydrogens (tertiary/aromatic N) is 2. The second-order valence-electron chi connectivity index (χ2n) is 4.30. The van der Waals surface area contributed by atoms with Gasteiger partial charge in [0.15, 0.2) is 0 Å². The lowest BCUT2D eigenvalue weighted by Crippen LogP contribution is -2.22. The number of aromatic nitrogens is 1. The van der Waals surface area contributed by atoms with Crippen LogP contribution in [0.3, 0.4) is 0 Å². The van der Waals surface area contributed by atoms with Crippen molar-refractivity contribution in [2.24, 2.45) is 0 Å². The van der Waals surface area contributed by atoms with Crippen molar-refractivity contribution in [3.63, 3.8) is 0 Å². The molecule has 2 aromatic rings. The van der Waals surface area contributed by atoms with Gasteiger partial charge in [0.05, 0.1) is 19.3 Å². The molecule has 4 nitrogen and oxygen atoms in total. The number of anilines is 2. The second kappa shape index (κ2) is 6.09. The summed E-state index contributed by atoms with van der Waals surface area (Å²) in [5, 5.41) is 0. The van der Waals surface area contributed by atoms with Gasteiger partial charge in [0, 0.05) is 36.2 Å². The minimum Gasteiger partial charge on any atom is -0.497 e. The zero-order chi connectivity index (χ0) is 13.7. The average molecular weight is 257 g/mol. The van der Waals surface area contributed by atoms with Crippen molar-refractivity contribution >= 4 is 11.4 Å². The van der Waals surface area contributed by atoms with Gasteiger partial charge < -0.3 is 15.4 Å². The Morgan fingerprint density at radius 3 is 2.74 bits per heavy atom. The van der Waals surface area contributed by atoms with Gasteiger partial charge >= 0.3 is 0 Å². The molecule has 4 heteroatoms. The molecule has 0 aliphatic rings. The number of hydrogen-bond acceptors (Lipinski definition) is 4. The maximum atomic E-state index is 5.90. The first-order chi connectivity index (χ1) is 9.22. The average Bonchev–Trinajstić information content (AvgIpc) is 2.45. The third kappa shape index (κ3) is 3.37. The predicted molar refractivity (Wildman–Crippen MR) is 78.4 cm³/mol. The molecule has 0 fully saturated rings. The van der Waals surface area contributed by atoms with Gasteiger partial charge in [-0.15, -0.1) is 0 Å². The second-order valence-corrected chi connectivity index (χ2v) is 4.30. The maximum Gasteiger partial charge on any atom is 0.122 e. The molecule has 1 aromatic carbocycles. The maximum absolute atomic E-state index is 5.90. The highest BCUT2D eigenvalue weighted by Gasteiger charge is 2.08. The molecule has 0 aliphatic carbocycles. The van der Waals surface area contributed by atoms with Gasteiger partial charge in [-0.3, -0.25) is 4.98 Å². The number of rotatable bonds is 5. The standard InChI is InChI=1S/C15H19N3O/c1-3-18(11-13-6-4-5-7-17-13)14-8-12(16)9-15(10-14)19-2/h4-10H,3,11,16H2,1-2H3. The lowest BCUT2D eigenvalue weighted by Gasteiger charge is -2.23. The first-order valence-electron chi connectivity index (χ1n) is 6.32. The first kappa shape index (κ1) is 13.2. The summed E-state index contributed by atoms with van der Waals surface area (Å²) in [5.41, 5.74) is 8.68. The molecule has 2 N–H and O–H groups in total. The normalized spacial score (nSPS) is 10.2. The Kier molecular flexibility index (Phi) is 4.23. The van der Waals surface area contributed by atoms with E-state index in [9.17, 15) is 0 Å². The van der Waals surface area contributed by atoms with Gasteiger partial charge in [-0.25, -0.2) is 0 Å². The summed E-state index contributed by atoms with van der Waals surface area (Å²) in [6, 6.07) is 11.7. The Morgan fingerprint density at radius 2 is 2.11 bits per heavy atom. The van der Waals surface area contributed by atoms with E-state index in [1.54, 1.807) is 7.11 Å². The van der Waals surface area contributed by atoms with Crippen LogP contribution in [-0.4, -0.2) is 18.6 Å². The van der Waals surface area contributed by atoms with E-state index in [4.69, 9.17) is 10.5 Å². The fourth-order valence-corrected chi connectivity index (χ4v) is 1.98. The number of pyridine rings is 1. The Morgan fingerprint density at radius 1 is 1.26 bits per heavy atom. The number of hydrogen-bond donors (Lipinski definition) is 1. The summed E-state index contributed by atoms with van der Waals surface area (Å²) in [4.78, 5) is 6.56. The largest absolute Gasteiger partial charge is 0.497 e. The van der Waals surface area contributed by atoms with Crippen LogP contribution in [0.2, 0.25) is 0 Å². The number of nitrogen functional groups attached to an aromatic ring is 1. The van der Waals surface area contributed by atoms with Crippen LogP contribution < -0.4 is 15.4 Å². The molecule has 2 rings (SSSR count). The van der Waals surface area contributed by atoms with Crippen LogP contribution in [0.4, 0.5) is 11.4 Å². The quantitative estimate of drug-likeness (QED) is 0.837. The molecule has 0 saturated heterocycles. The van der Waals surface area contributed by atoms with Crippen molar-refractivity contribution in [2.75, 3.05) is 24.3 Å². The van der Waals surface area contributed by atoms with Gasteiger partial charge in [0.1, 0.15) is 5.75 Å². The fourth-order valence-electron chi connectivity index (χ4n) is 1.98. The molecule has 1 heterocycles. The number of methoxy groups -OCH3 is 1. The Bertz CT molecular complexity index is 528. The SMILES string of the molecule is CCN(Cc1ccccn1)c1cc(N)cc(OC)c1. The van der Waals surface area contributed by atoms with Crippen LogP contribution in [0.25, 0.3) is 0 Å². The van der Waals surface area contributed by atoms with Crippen LogP contribution in [0, 0.1) is 0 Å². The lowest BCUT2D eigenvalue weighted by atomic mass is 10.2. The summed E-state index contributed by atoms with van der Waals surface area (Å²) in [6.07, 6.45) is 1.81. The number of benzene rings is 1. The minimum atomic E-state index is 0.703. The first-order valence-corrected chi connectivity index (χ1v) is 6.32. The number of ether oxygens (including phenoxy) is 1. The number of nitrogens with two attached hydrogens (primary N) is 1. The van der Waals surface area contributed by atoms with E-state index in [0.717, 1.165) is 30.2 Å². The molecule has 1 aromatic heterocycles. The fraction of sp³-hybridized carbons (Fsp3) is 0.267. The third-order valence-corrected chi connectivity index (χ3v) is 2.98. The summed E-state index contributed by atoms with van der Waals surface area (Å²) in [7, 11) is 1.65. The van der Waals surface area contributed by atoms with Crippen molar-refractivity contribution in [3.8, 4) is 5.75 Å². The smallest absolute Gasteiger partial charge is 0.122 e. The zero-order valence-electron chi connectivity index (χ0n) is 11.3. The molecule has 0 amide bonds. The van der Waals surface area contributed by atoms with Gasteiger partial charge in [-0.05, 0) is 25.1 Å². The predicted octanol–water partition coefficient (Wildman–Crippen LogP) is 2.70. The molecule has 0 bridgehead atoms. The summed E-state index contributed by atoms with van der Waals surface area (Å²) < 4.78 is 5.26. The van der Waals surface area contributed by atoms with Gasteiger partial charge in [-0.2, -0.15) is 0 Å². The Labute approximate surface area is 113 Å². The lowest BCUT2D eigenvalue weighted by molar-refractivity contribution is 0.415. The van der Waals surface area contributed by atoms with Gasteiger partial charge in [0.25, 0.3) is 0 Å². The van der Waals surface area contributed by atoms with Gasteiger partial charge in [-0.1, -0.05) is 6.07 Å². The summed E-state index contributed by atoms with van der Waals surface area (Å²) in [5.74, 6) is 0.773. The van der Waals surface area contributed by atoms with Crippen LogP contribution in [0.15, 0.2) is 42.6 Å². The van der Waals surface area contributed by atoms with Crippen molar-refractivity contribution in [3.05, 3.63) is 48.3 Å². The topological polar surface area (TPSA) is 51.4 Å². The van der Waals surface area contributed by atoms with Crippen LogP contribution in [-0.2, 0) is 6.54 Å². The molecule has 0 unspecified atom stereocenters. The molecule has 0 spiro atoms. The van der Waals surface area contributed by atoms with E-state index < -0.39 is 0 Å². The van der Waals surface area contributed by atoms with Crippen molar-refractivity contribution < 1.29 is 4.74 Å². The highest BCUT2D eigenvalue weighted by molar-refractivity contribution is 5.60. The molecule has 100 valence electrons. The molecular weight excluding hydrogens is 238 g/mol. The van der Waals surface area contributed by atoms with E-state index in [2.05, 4.69) is 16.8 Å². The highest BCUT2D eigenvalue weighted by atomic mass is 16.5. The van der Waals surface area contributed by atoms with E-state index in [0.29, 0.717) is 5.69 Å². The van der Waals surface area contributed by atoms with Crippen molar-refractivity contribution in [2.45, 2.75) is 13.5 Å². The van der Waals surface area contributed by atoms with Crippen LogP contribution in [0.1, 0.15) is 12.6 Å². The summed E-state index contributed by atoms with van der Waals surface area (Å²) in [6.45, 7) is 3.74. The van der Waals surface area contributed by atoms with Gasteiger partial charge in [0.2, 0.25) is 0 Å². The van der Waals surface area contributed by atoms with Crippen molar-refractivity contribution in [1.29, 1.82) is 0 Å². The third-order valence-electron chi connectivity index (χ3n) is 2.98. The van der Waals surface area contributed by atoms with Crippen molar-refractivity contribution in [1.82, 2.24) is 4.98 Å². The molecular formula is C15H19N3O. The Balaban J connectivity index is 2.24. The van der Waals surface area contributed by atoms with Crippen LogP contribution >= 0.6 is 0 Å². The zero-order valence-corrected chi connectivity index (χ0v) is 11.3. The Hall–Kier alpha value is -2.23. The van der Waals surface area contributed by atoms with E-state index >= 15 is 0 Å². The van der Waals surface area contributed by atoms with E-state index in [1.807, 2.05) is 42.6 Å². The van der Waals surface area contributed by atoms with E-state index in [1.165, 1.54) is 0 Å². The minimum absolute atomic E-state index is 0.703. The molecule has 0 atom stereocenters. The molecule has 19 heavy (non-hydrogen) atoms.